The Bertz CT molecular complexity index is 1010. The van der Waals surface area contributed by atoms with Gasteiger partial charge in [0.05, 0.1) is 18.3 Å². The highest BCUT2D eigenvalue weighted by molar-refractivity contribution is 5.93. The zero-order chi connectivity index (χ0) is 17.4. The summed E-state index contributed by atoms with van der Waals surface area (Å²) in [4.78, 5) is 9.93. The molecule has 1 aromatic carbocycles. The molecule has 0 aliphatic heterocycles. The fraction of sp³-hybridized carbons (Fsp3) is 0.294. The maximum atomic E-state index is 5.40. The van der Waals surface area contributed by atoms with Gasteiger partial charge in [-0.25, -0.2) is 0 Å². The molecule has 4 rings (SSSR count). The van der Waals surface area contributed by atoms with Crippen molar-refractivity contribution in [3.63, 3.8) is 0 Å². The number of hydrogen-bond donors (Lipinski definition) is 1. The van der Waals surface area contributed by atoms with E-state index in [1.54, 1.807) is 4.68 Å². The zero-order valence-electron chi connectivity index (χ0n) is 14.4. The number of aromatic nitrogens is 6. The molecule has 8 nitrogen and oxygen atoms in total. The van der Waals surface area contributed by atoms with E-state index in [9.17, 15) is 0 Å². The van der Waals surface area contributed by atoms with Crippen LogP contribution in [0.5, 0.6) is 0 Å². The van der Waals surface area contributed by atoms with Gasteiger partial charge in [0.2, 0.25) is 5.82 Å². The van der Waals surface area contributed by atoms with Crippen molar-refractivity contribution in [2.75, 3.05) is 20.6 Å². The number of hydrogen-bond acceptors (Lipinski definition) is 6. The predicted octanol–water partition coefficient (Wildman–Crippen LogP) is 2.35. The molecule has 0 aliphatic carbocycles. The van der Waals surface area contributed by atoms with E-state index >= 15 is 0 Å². The van der Waals surface area contributed by atoms with Gasteiger partial charge in [0, 0.05) is 23.2 Å². The van der Waals surface area contributed by atoms with E-state index in [2.05, 4.69) is 42.5 Å². The normalized spacial score (nSPS) is 11.7. The molecule has 4 aromatic rings. The highest BCUT2D eigenvalue weighted by Gasteiger charge is 2.16. The Hall–Kier alpha value is -3.00. The minimum Gasteiger partial charge on any atom is -0.358 e. The van der Waals surface area contributed by atoms with Crippen LogP contribution in [0.3, 0.4) is 0 Å². The molecule has 128 valence electrons. The second kappa shape index (κ2) is 6.14. The number of fused-ring (bicyclic) bond motifs is 1. The topological polar surface area (TPSA) is 88.7 Å². The first-order valence-electron chi connectivity index (χ1n) is 8.08. The van der Waals surface area contributed by atoms with Crippen LogP contribution in [0.2, 0.25) is 0 Å². The number of aryl methyl sites for hydroxylation is 1. The van der Waals surface area contributed by atoms with Crippen molar-refractivity contribution in [1.29, 1.82) is 0 Å². The Balaban J connectivity index is 1.64. The third-order valence-corrected chi connectivity index (χ3v) is 3.99. The van der Waals surface area contributed by atoms with Crippen LogP contribution < -0.4 is 0 Å². The Labute approximate surface area is 144 Å². The van der Waals surface area contributed by atoms with Crippen molar-refractivity contribution >= 4 is 10.9 Å². The smallest absolute Gasteiger partial charge is 0.280 e. The van der Waals surface area contributed by atoms with Crippen LogP contribution >= 0.6 is 0 Å². The lowest BCUT2D eigenvalue weighted by molar-refractivity contribution is 0.370. The van der Waals surface area contributed by atoms with Crippen LogP contribution in [0.1, 0.15) is 5.69 Å². The molecule has 8 heteroatoms. The van der Waals surface area contributed by atoms with Crippen molar-refractivity contribution in [2.24, 2.45) is 0 Å². The molecule has 25 heavy (non-hydrogen) atoms. The second-order valence-corrected chi connectivity index (χ2v) is 6.32. The quantitative estimate of drug-likeness (QED) is 0.601. The maximum Gasteiger partial charge on any atom is 0.280 e. The minimum absolute atomic E-state index is 0.367. The molecule has 0 aliphatic rings. The van der Waals surface area contributed by atoms with Gasteiger partial charge in [0.25, 0.3) is 5.89 Å². The van der Waals surface area contributed by atoms with Crippen LogP contribution in [0, 0.1) is 6.92 Å². The summed E-state index contributed by atoms with van der Waals surface area (Å²) < 4.78 is 7.17. The van der Waals surface area contributed by atoms with Crippen LogP contribution in [0.15, 0.2) is 35.0 Å². The van der Waals surface area contributed by atoms with Gasteiger partial charge >= 0.3 is 0 Å². The molecule has 0 fully saturated rings. The number of rotatable bonds is 5. The summed E-state index contributed by atoms with van der Waals surface area (Å²) in [6, 6.07) is 8.11. The van der Waals surface area contributed by atoms with E-state index < -0.39 is 0 Å². The number of aromatic amines is 1. The summed E-state index contributed by atoms with van der Waals surface area (Å²) in [6.45, 7) is 3.66. The third-order valence-electron chi connectivity index (χ3n) is 3.99. The van der Waals surface area contributed by atoms with Gasteiger partial charge in [0.15, 0.2) is 5.69 Å². The number of benzene rings is 1. The first-order chi connectivity index (χ1) is 12.1. The van der Waals surface area contributed by atoms with Crippen molar-refractivity contribution < 1.29 is 4.52 Å². The van der Waals surface area contributed by atoms with E-state index in [4.69, 9.17) is 4.52 Å². The van der Waals surface area contributed by atoms with Crippen molar-refractivity contribution in [1.82, 2.24) is 35.0 Å². The molecule has 0 amide bonds. The summed E-state index contributed by atoms with van der Waals surface area (Å²) in [6.07, 6.45) is 1.82. The summed E-state index contributed by atoms with van der Waals surface area (Å²) in [5, 5.41) is 13.5. The standard InChI is InChI=1S/C17H19N7O/c1-11-9-12-5-4-6-13(15(12)18-11)16-19-17(25-21-16)14-10-24(22-20-14)8-7-23(2)3/h4-6,9-10,18H,7-8H2,1-3H3. The largest absolute Gasteiger partial charge is 0.358 e. The fourth-order valence-electron chi connectivity index (χ4n) is 2.73. The van der Waals surface area contributed by atoms with E-state index in [0.717, 1.165) is 35.2 Å². The predicted molar refractivity (Wildman–Crippen MR) is 93.9 cm³/mol. The van der Waals surface area contributed by atoms with Crippen molar-refractivity contribution in [3.05, 3.63) is 36.2 Å². The Morgan fingerprint density at radius 2 is 2.16 bits per heavy atom. The van der Waals surface area contributed by atoms with Gasteiger partial charge < -0.3 is 14.4 Å². The highest BCUT2D eigenvalue weighted by atomic mass is 16.5. The second-order valence-electron chi connectivity index (χ2n) is 6.32. The third kappa shape index (κ3) is 3.03. The summed E-state index contributed by atoms with van der Waals surface area (Å²) in [5.41, 5.74) is 3.57. The summed E-state index contributed by atoms with van der Waals surface area (Å²) in [7, 11) is 4.04. The number of likely N-dealkylation sites (N-methyl/N-ethyl adjacent to an activating group) is 1. The number of nitrogens with zero attached hydrogens (tertiary/aromatic N) is 6. The molecule has 0 atom stereocenters. The Kier molecular flexibility index (Phi) is 3.81. The molecule has 0 saturated carbocycles. The maximum absolute atomic E-state index is 5.40. The first-order valence-corrected chi connectivity index (χ1v) is 8.08. The molecule has 0 radical (unpaired) electrons. The van der Waals surface area contributed by atoms with Gasteiger partial charge in [-0.15, -0.1) is 5.10 Å². The number of para-hydroxylation sites is 1. The molecule has 0 spiro atoms. The Morgan fingerprint density at radius 3 is 3.00 bits per heavy atom. The monoisotopic (exact) mass is 337 g/mol. The van der Waals surface area contributed by atoms with Crippen molar-refractivity contribution in [2.45, 2.75) is 13.5 Å². The molecule has 3 aromatic heterocycles. The fourth-order valence-corrected chi connectivity index (χ4v) is 2.73. The van der Waals surface area contributed by atoms with E-state index in [0.29, 0.717) is 17.4 Å². The molecular weight excluding hydrogens is 318 g/mol. The molecule has 0 saturated heterocycles. The van der Waals surface area contributed by atoms with Gasteiger partial charge in [-0.05, 0) is 33.2 Å². The lowest BCUT2D eigenvalue weighted by Crippen LogP contribution is -2.18. The van der Waals surface area contributed by atoms with Crippen molar-refractivity contribution in [3.8, 4) is 23.0 Å². The molecule has 0 bridgehead atoms. The van der Waals surface area contributed by atoms with Gasteiger partial charge in [0.1, 0.15) is 0 Å². The zero-order valence-corrected chi connectivity index (χ0v) is 14.4. The van der Waals surface area contributed by atoms with E-state index in [-0.39, 0.29) is 0 Å². The van der Waals surface area contributed by atoms with Crippen LogP contribution in [-0.4, -0.2) is 55.7 Å². The molecule has 1 N–H and O–H groups in total. The van der Waals surface area contributed by atoms with Gasteiger partial charge in [-0.3, -0.25) is 4.68 Å². The summed E-state index contributed by atoms with van der Waals surface area (Å²) >= 11 is 0. The van der Waals surface area contributed by atoms with Gasteiger partial charge in [-0.2, -0.15) is 4.98 Å². The molecular formula is C17H19N7O. The SMILES string of the molecule is Cc1cc2cccc(-c3noc(-c4cn(CCN(C)C)nn4)n3)c2[nH]1. The van der Waals surface area contributed by atoms with Crippen LogP contribution in [0.4, 0.5) is 0 Å². The Morgan fingerprint density at radius 1 is 1.28 bits per heavy atom. The van der Waals surface area contributed by atoms with Crippen LogP contribution in [-0.2, 0) is 6.54 Å². The number of H-pyrrole nitrogens is 1. The molecule has 0 unspecified atom stereocenters. The minimum atomic E-state index is 0.367. The molecule has 3 heterocycles. The highest BCUT2D eigenvalue weighted by Crippen LogP contribution is 2.28. The number of nitrogens with one attached hydrogen (secondary N) is 1. The summed E-state index contributed by atoms with van der Waals surface area (Å²) in [5.74, 6) is 0.900. The van der Waals surface area contributed by atoms with Gasteiger partial charge in [-0.1, -0.05) is 22.5 Å². The van der Waals surface area contributed by atoms with E-state index in [1.165, 1.54) is 0 Å². The average molecular weight is 337 g/mol. The first kappa shape index (κ1) is 15.5. The average Bonchev–Trinajstić information content (AvgIpc) is 3.30. The lowest BCUT2D eigenvalue weighted by atomic mass is 10.1. The lowest BCUT2D eigenvalue weighted by Gasteiger charge is -2.07. The van der Waals surface area contributed by atoms with Crippen LogP contribution in [0.25, 0.3) is 33.9 Å². The van der Waals surface area contributed by atoms with E-state index in [1.807, 2.05) is 39.3 Å².